The van der Waals surface area contributed by atoms with Gasteiger partial charge in [-0.25, -0.2) is 0 Å². The van der Waals surface area contributed by atoms with Gasteiger partial charge < -0.3 is 4.74 Å². The van der Waals surface area contributed by atoms with Gasteiger partial charge in [0.2, 0.25) is 0 Å². The summed E-state index contributed by atoms with van der Waals surface area (Å²) < 4.78 is 28.1. The Hall–Kier alpha value is -2.11. The molecule has 6 heteroatoms. The van der Waals surface area contributed by atoms with Crippen LogP contribution in [0.25, 0.3) is 11.4 Å². The number of alkyl halides is 2. The molecule has 2 aromatic rings. The SMILES string of the molecule is Cc1nccnc1-c1ccc(OC(F)F)cn1. The lowest BCUT2D eigenvalue weighted by atomic mass is 10.2. The van der Waals surface area contributed by atoms with Crippen molar-refractivity contribution in [1.29, 1.82) is 0 Å². The van der Waals surface area contributed by atoms with E-state index in [1.165, 1.54) is 12.3 Å². The van der Waals surface area contributed by atoms with Crippen LogP contribution in [0.2, 0.25) is 0 Å². The molecule has 0 radical (unpaired) electrons. The van der Waals surface area contributed by atoms with E-state index in [0.717, 1.165) is 5.69 Å². The third kappa shape index (κ3) is 2.72. The minimum Gasteiger partial charge on any atom is -0.433 e. The first kappa shape index (κ1) is 11.4. The molecule has 0 unspecified atom stereocenters. The molecule has 0 aliphatic heterocycles. The van der Waals surface area contributed by atoms with Gasteiger partial charge in [-0.05, 0) is 19.1 Å². The second kappa shape index (κ2) is 4.82. The zero-order valence-corrected chi connectivity index (χ0v) is 8.97. The summed E-state index contributed by atoms with van der Waals surface area (Å²) in [5.41, 5.74) is 1.91. The first-order valence-corrected chi connectivity index (χ1v) is 4.85. The molecule has 0 N–H and O–H groups in total. The molecule has 0 saturated heterocycles. The lowest BCUT2D eigenvalue weighted by Crippen LogP contribution is -2.02. The predicted molar refractivity (Wildman–Crippen MR) is 56.6 cm³/mol. The maximum absolute atomic E-state index is 11.9. The smallest absolute Gasteiger partial charge is 0.387 e. The minimum absolute atomic E-state index is 0.0188. The van der Waals surface area contributed by atoms with Crippen LogP contribution in [-0.4, -0.2) is 21.6 Å². The number of rotatable bonds is 3. The Morgan fingerprint density at radius 2 is 1.88 bits per heavy atom. The standard InChI is InChI=1S/C11H9F2N3O/c1-7-10(15-5-4-14-7)9-3-2-8(6-16-9)17-11(12)13/h2-6,11H,1H3. The van der Waals surface area contributed by atoms with E-state index in [-0.39, 0.29) is 5.75 Å². The van der Waals surface area contributed by atoms with Gasteiger partial charge in [0.15, 0.2) is 0 Å². The summed E-state index contributed by atoms with van der Waals surface area (Å²) in [4.78, 5) is 12.2. The van der Waals surface area contributed by atoms with Crippen LogP contribution in [0.4, 0.5) is 8.78 Å². The molecule has 2 aromatic heterocycles. The number of hydrogen-bond donors (Lipinski definition) is 0. The van der Waals surface area contributed by atoms with Gasteiger partial charge in [0, 0.05) is 12.4 Å². The largest absolute Gasteiger partial charge is 0.433 e. The molecule has 0 fully saturated rings. The van der Waals surface area contributed by atoms with Gasteiger partial charge in [-0.15, -0.1) is 0 Å². The Balaban J connectivity index is 2.27. The molecule has 0 aromatic carbocycles. The summed E-state index contributed by atoms with van der Waals surface area (Å²) in [5, 5.41) is 0. The fourth-order valence-electron chi connectivity index (χ4n) is 1.35. The molecule has 2 rings (SSSR count). The van der Waals surface area contributed by atoms with E-state index in [0.29, 0.717) is 11.4 Å². The summed E-state index contributed by atoms with van der Waals surface area (Å²) in [6.45, 7) is -1.05. The highest BCUT2D eigenvalue weighted by atomic mass is 19.3. The molecule has 0 bridgehead atoms. The van der Waals surface area contributed by atoms with E-state index in [4.69, 9.17) is 0 Å². The highest BCUT2D eigenvalue weighted by Crippen LogP contribution is 2.20. The first-order chi connectivity index (χ1) is 8.16. The first-order valence-electron chi connectivity index (χ1n) is 4.85. The second-order valence-corrected chi connectivity index (χ2v) is 3.25. The molecule has 0 spiro atoms. The monoisotopic (exact) mass is 237 g/mol. The van der Waals surface area contributed by atoms with Crippen LogP contribution in [0, 0.1) is 6.92 Å². The van der Waals surface area contributed by atoms with Gasteiger partial charge in [-0.2, -0.15) is 8.78 Å². The maximum Gasteiger partial charge on any atom is 0.387 e. The topological polar surface area (TPSA) is 47.9 Å². The zero-order valence-electron chi connectivity index (χ0n) is 8.97. The molecule has 2 heterocycles. The van der Waals surface area contributed by atoms with Gasteiger partial charge in [-0.3, -0.25) is 15.0 Å². The molecule has 88 valence electrons. The van der Waals surface area contributed by atoms with Crippen LogP contribution in [0.5, 0.6) is 5.75 Å². The highest BCUT2D eigenvalue weighted by Gasteiger charge is 2.07. The number of ether oxygens (including phenoxy) is 1. The number of halogens is 2. The van der Waals surface area contributed by atoms with E-state index in [2.05, 4.69) is 19.7 Å². The normalized spacial score (nSPS) is 10.6. The van der Waals surface area contributed by atoms with Crippen molar-refractivity contribution >= 4 is 0 Å². The Morgan fingerprint density at radius 3 is 2.47 bits per heavy atom. The van der Waals surface area contributed by atoms with E-state index in [1.807, 2.05) is 0 Å². The third-order valence-electron chi connectivity index (χ3n) is 2.09. The number of nitrogens with zero attached hydrogens (tertiary/aromatic N) is 3. The highest BCUT2D eigenvalue weighted by molar-refractivity contribution is 5.56. The average molecular weight is 237 g/mol. The molecule has 0 aliphatic carbocycles. The predicted octanol–water partition coefficient (Wildman–Crippen LogP) is 2.45. The molecule has 4 nitrogen and oxygen atoms in total. The van der Waals surface area contributed by atoms with Gasteiger partial charge in [0.25, 0.3) is 0 Å². The maximum atomic E-state index is 11.9. The van der Waals surface area contributed by atoms with Crippen LogP contribution in [0.1, 0.15) is 5.69 Å². The van der Waals surface area contributed by atoms with E-state index < -0.39 is 6.61 Å². The van der Waals surface area contributed by atoms with Crippen molar-refractivity contribution in [3.8, 4) is 17.1 Å². The molecular formula is C11H9F2N3O. The quantitative estimate of drug-likeness (QED) is 0.822. The third-order valence-corrected chi connectivity index (χ3v) is 2.09. The number of aryl methyl sites for hydroxylation is 1. The number of pyridine rings is 1. The van der Waals surface area contributed by atoms with Crippen LogP contribution < -0.4 is 4.74 Å². The van der Waals surface area contributed by atoms with Gasteiger partial charge in [0.1, 0.15) is 11.4 Å². The van der Waals surface area contributed by atoms with E-state index in [1.54, 1.807) is 25.4 Å². The molecule has 17 heavy (non-hydrogen) atoms. The Morgan fingerprint density at radius 1 is 1.12 bits per heavy atom. The fourth-order valence-corrected chi connectivity index (χ4v) is 1.35. The lowest BCUT2D eigenvalue weighted by Gasteiger charge is -2.05. The molecule has 0 saturated carbocycles. The van der Waals surface area contributed by atoms with Crippen molar-refractivity contribution in [2.75, 3.05) is 0 Å². The van der Waals surface area contributed by atoms with Crippen molar-refractivity contribution in [3.63, 3.8) is 0 Å². The van der Waals surface area contributed by atoms with Gasteiger partial charge in [-0.1, -0.05) is 0 Å². The molecule has 0 aliphatic rings. The van der Waals surface area contributed by atoms with Gasteiger partial charge in [0.05, 0.1) is 17.6 Å². The molecule has 0 atom stereocenters. The average Bonchev–Trinajstić information content (AvgIpc) is 2.30. The van der Waals surface area contributed by atoms with E-state index >= 15 is 0 Å². The van der Waals surface area contributed by atoms with Crippen LogP contribution in [0.3, 0.4) is 0 Å². The Labute approximate surface area is 96.3 Å². The minimum atomic E-state index is -2.85. The summed E-state index contributed by atoms with van der Waals surface area (Å²) in [6, 6.07) is 2.98. The summed E-state index contributed by atoms with van der Waals surface area (Å²) >= 11 is 0. The van der Waals surface area contributed by atoms with Gasteiger partial charge >= 0.3 is 6.61 Å². The molecular weight excluding hydrogens is 228 g/mol. The summed E-state index contributed by atoms with van der Waals surface area (Å²) in [7, 11) is 0. The Kier molecular flexibility index (Phi) is 3.22. The summed E-state index contributed by atoms with van der Waals surface area (Å²) in [5.74, 6) is 0.0188. The van der Waals surface area contributed by atoms with Crippen molar-refractivity contribution in [1.82, 2.24) is 15.0 Å². The van der Waals surface area contributed by atoms with Crippen molar-refractivity contribution in [2.45, 2.75) is 13.5 Å². The van der Waals surface area contributed by atoms with Crippen LogP contribution >= 0.6 is 0 Å². The molecule has 0 amide bonds. The van der Waals surface area contributed by atoms with Crippen molar-refractivity contribution in [3.05, 3.63) is 36.4 Å². The fraction of sp³-hybridized carbons (Fsp3) is 0.182. The number of hydrogen-bond acceptors (Lipinski definition) is 4. The zero-order chi connectivity index (χ0) is 12.3. The second-order valence-electron chi connectivity index (χ2n) is 3.25. The Bertz CT molecular complexity index is 502. The van der Waals surface area contributed by atoms with E-state index in [9.17, 15) is 8.78 Å². The van der Waals surface area contributed by atoms with Crippen molar-refractivity contribution < 1.29 is 13.5 Å². The van der Waals surface area contributed by atoms with Crippen LogP contribution in [0.15, 0.2) is 30.7 Å². The number of aromatic nitrogens is 3. The van der Waals surface area contributed by atoms with Crippen molar-refractivity contribution in [2.24, 2.45) is 0 Å². The van der Waals surface area contributed by atoms with Crippen LogP contribution in [-0.2, 0) is 0 Å². The summed E-state index contributed by atoms with van der Waals surface area (Å²) in [6.07, 6.45) is 4.36. The lowest BCUT2D eigenvalue weighted by molar-refractivity contribution is -0.0500.